The normalized spacial score (nSPS) is 20.9. The van der Waals surface area contributed by atoms with Gasteiger partial charge in [0.05, 0.1) is 12.5 Å². The molecule has 40 heavy (non-hydrogen) atoms. The number of amides is 3. The molecular formula is C30H34N4O6. The van der Waals surface area contributed by atoms with Gasteiger partial charge in [0, 0.05) is 35.5 Å². The number of hydrogen-bond donors (Lipinski definition) is 4. The summed E-state index contributed by atoms with van der Waals surface area (Å²) in [6.45, 7) is 5.23. The molecule has 2 aliphatic heterocycles. The number of carbonyl (C=O) groups is 4. The van der Waals surface area contributed by atoms with E-state index in [1.165, 1.54) is 4.90 Å². The monoisotopic (exact) mass is 546 g/mol. The first-order valence-corrected chi connectivity index (χ1v) is 13.5. The molecule has 1 aromatic heterocycles. The van der Waals surface area contributed by atoms with Crippen LogP contribution in [0.4, 0.5) is 4.79 Å². The van der Waals surface area contributed by atoms with E-state index in [1.807, 2.05) is 54.6 Å². The van der Waals surface area contributed by atoms with Crippen LogP contribution in [0.25, 0.3) is 10.9 Å². The van der Waals surface area contributed by atoms with Crippen molar-refractivity contribution in [1.29, 1.82) is 0 Å². The predicted molar refractivity (Wildman–Crippen MR) is 147 cm³/mol. The zero-order valence-corrected chi connectivity index (χ0v) is 22.8. The van der Waals surface area contributed by atoms with Gasteiger partial charge in [-0.2, -0.15) is 0 Å². The fourth-order valence-corrected chi connectivity index (χ4v) is 5.79. The molecule has 210 valence electrons. The maximum atomic E-state index is 13.8. The number of para-hydroxylation sites is 1. The highest BCUT2D eigenvalue weighted by molar-refractivity contribution is 5.96. The van der Waals surface area contributed by atoms with Gasteiger partial charge in [0.15, 0.2) is 0 Å². The molecule has 10 nitrogen and oxygen atoms in total. The van der Waals surface area contributed by atoms with Crippen molar-refractivity contribution in [1.82, 2.24) is 20.5 Å². The van der Waals surface area contributed by atoms with Crippen molar-refractivity contribution < 1.29 is 29.0 Å². The first-order chi connectivity index (χ1) is 19.0. The number of H-pyrrole nitrogens is 1. The number of rotatable bonds is 7. The molecule has 0 bridgehead atoms. The van der Waals surface area contributed by atoms with Gasteiger partial charge in [-0.3, -0.25) is 14.4 Å². The Labute approximate surface area is 232 Å². The average molecular weight is 547 g/mol. The molecule has 4 atom stereocenters. The van der Waals surface area contributed by atoms with Crippen molar-refractivity contribution in [2.45, 2.75) is 76.2 Å². The van der Waals surface area contributed by atoms with Gasteiger partial charge in [-0.05, 0) is 44.4 Å². The molecule has 2 aromatic carbocycles. The molecule has 1 fully saturated rings. The third-order valence-electron chi connectivity index (χ3n) is 7.35. The van der Waals surface area contributed by atoms with Crippen molar-refractivity contribution in [2.24, 2.45) is 0 Å². The Hall–Kier alpha value is -4.34. The van der Waals surface area contributed by atoms with E-state index in [2.05, 4.69) is 15.6 Å². The van der Waals surface area contributed by atoms with Crippen LogP contribution in [0.5, 0.6) is 0 Å². The van der Waals surface area contributed by atoms with Crippen molar-refractivity contribution >= 4 is 34.8 Å². The third-order valence-corrected chi connectivity index (χ3v) is 7.35. The number of carboxylic acid groups (broad SMARTS) is 1. The summed E-state index contributed by atoms with van der Waals surface area (Å²) in [6.07, 6.45) is -0.0919. The minimum atomic E-state index is -1.03. The fourth-order valence-electron chi connectivity index (χ4n) is 5.79. The van der Waals surface area contributed by atoms with Gasteiger partial charge in [0.2, 0.25) is 11.8 Å². The topological polar surface area (TPSA) is 141 Å². The summed E-state index contributed by atoms with van der Waals surface area (Å²) >= 11 is 0. The number of nitrogens with one attached hydrogen (secondary N) is 3. The Morgan fingerprint density at radius 3 is 2.50 bits per heavy atom. The Kier molecular flexibility index (Phi) is 7.27. The Balaban J connectivity index is 1.45. The maximum absolute atomic E-state index is 13.8. The van der Waals surface area contributed by atoms with Crippen LogP contribution < -0.4 is 10.6 Å². The first-order valence-electron chi connectivity index (χ1n) is 13.5. The van der Waals surface area contributed by atoms with Crippen LogP contribution >= 0.6 is 0 Å². The first kappa shape index (κ1) is 27.2. The third kappa shape index (κ3) is 5.66. The zero-order chi connectivity index (χ0) is 28.6. The summed E-state index contributed by atoms with van der Waals surface area (Å²) in [5.41, 5.74) is 2.86. The molecule has 5 rings (SSSR count). The summed E-state index contributed by atoms with van der Waals surface area (Å²) in [5, 5.41) is 16.1. The van der Waals surface area contributed by atoms with E-state index in [0.29, 0.717) is 6.42 Å². The van der Waals surface area contributed by atoms with Gasteiger partial charge < -0.3 is 30.4 Å². The minimum Gasteiger partial charge on any atom is -0.481 e. The van der Waals surface area contributed by atoms with E-state index >= 15 is 0 Å². The molecule has 10 heteroatoms. The summed E-state index contributed by atoms with van der Waals surface area (Å²) in [6, 6.07) is 14.2. The number of hydrogen-bond acceptors (Lipinski definition) is 5. The fraction of sp³-hybridized carbons (Fsp3) is 0.400. The van der Waals surface area contributed by atoms with Crippen LogP contribution in [0.1, 0.15) is 56.5 Å². The number of aromatic nitrogens is 1. The van der Waals surface area contributed by atoms with Gasteiger partial charge in [0.1, 0.15) is 17.7 Å². The highest BCUT2D eigenvalue weighted by Crippen LogP contribution is 2.43. The number of alkyl carbamates (subject to hydrolysis) is 1. The number of ether oxygens (including phenoxy) is 1. The number of fused-ring (bicyclic) bond motifs is 5. The Morgan fingerprint density at radius 1 is 1.10 bits per heavy atom. The van der Waals surface area contributed by atoms with E-state index in [4.69, 9.17) is 4.74 Å². The maximum Gasteiger partial charge on any atom is 0.408 e. The van der Waals surface area contributed by atoms with E-state index < -0.39 is 47.7 Å². The molecule has 0 radical (unpaired) electrons. The molecule has 3 heterocycles. The highest BCUT2D eigenvalue weighted by atomic mass is 16.6. The van der Waals surface area contributed by atoms with Crippen molar-refractivity contribution in [3.8, 4) is 0 Å². The van der Waals surface area contributed by atoms with Crippen LogP contribution in [-0.2, 0) is 32.0 Å². The average Bonchev–Trinajstić information content (AvgIpc) is 3.40. The number of nitrogens with zero attached hydrogens (tertiary/aromatic N) is 1. The molecule has 3 aromatic rings. The van der Waals surface area contributed by atoms with Crippen molar-refractivity contribution in [2.75, 3.05) is 0 Å². The Morgan fingerprint density at radius 2 is 1.80 bits per heavy atom. The van der Waals surface area contributed by atoms with E-state index in [1.54, 1.807) is 20.8 Å². The molecule has 1 saturated heterocycles. The van der Waals surface area contributed by atoms with E-state index in [9.17, 15) is 24.3 Å². The lowest BCUT2D eigenvalue weighted by Crippen LogP contribution is -2.55. The van der Waals surface area contributed by atoms with Gasteiger partial charge in [0.25, 0.3) is 0 Å². The standard InChI is InChI=1S/C30H34N4O6/c1-30(2,3)40-29(39)33-22-16-23-26-20(19-11-7-8-12-21(19)32-26)15-24(34(23)28(22)38)27(37)31-18(14-25(35)36)13-17-9-5-4-6-10-17/h4-12,18,22-24,32H,13-16H2,1-3H3,(H,31,37)(H,33,39)(H,35,36)/t18-,22-,23+,24-/m0/s1. The molecule has 0 aliphatic carbocycles. The van der Waals surface area contributed by atoms with Crippen molar-refractivity contribution in [3.63, 3.8) is 0 Å². The largest absolute Gasteiger partial charge is 0.481 e. The van der Waals surface area contributed by atoms with E-state index in [-0.39, 0.29) is 25.2 Å². The predicted octanol–water partition coefficient (Wildman–Crippen LogP) is 3.46. The highest BCUT2D eigenvalue weighted by Gasteiger charge is 2.51. The van der Waals surface area contributed by atoms with Gasteiger partial charge >= 0.3 is 12.1 Å². The minimum absolute atomic E-state index is 0.258. The SMILES string of the molecule is CC(C)(C)OC(=O)N[C@H]1C[C@@H]2c3[nH]c4ccccc4c3C[C@@H](C(=O)N[C@H](CC(=O)O)Cc3ccccc3)N2C1=O. The lowest BCUT2D eigenvalue weighted by molar-refractivity contribution is -0.142. The Bertz CT molecular complexity index is 1440. The number of aliphatic carboxylic acids is 1. The lowest BCUT2D eigenvalue weighted by Gasteiger charge is -2.37. The quantitative estimate of drug-likeness (QED) is 0.358. The molecule has 0 saturated carbocycles. The molecule has 4 N–H and O–H groups in total. The second-order valence-electron chi connectivity index (χ2n) is 11.5. The summed E-state index contributed by atoms with van der Waals surface area (Å²) < 4.78 is 5.38. The smallest absolute Gasteiger partial charge is 0.408 e. The van der Waals surface area contributed by atoms with Gasteiger partial charge in [-0.25, -0.2) is 4.79 Å². The van der Waals surface area contributed by atoms with Crippen LogP contribution in [0.15, 0.2) is 54.6 Å². The van der Waals surface area contributed by atoms with Gasteiger partial charge in [-0.1, -0.05) is 48.5 Å². The van der Waals surface area contributed by atoms with E-state index in [0.717, 1.165) is 27.7 Å². The van der Waals surface area contributed by atoms with Gasteiger partial charge in [-0.15, -0.1) is 0 Å². The molecule has 3 amide bonds. The number of benzene rings is 2. The second-order valence-corrected chi connectivity index (χ2v) is 11.5. The second kappa shape index (κ2) is 10.7. The van der Waals surface area contributed by atoms with Crippen LogP contribution in [0, 0.1) is 0 Å². The molecular weight excluding hydrogens is 512 g/mol. The van der Waals surface area contributed by atoms with Crippen LogP contribution in [0.2, 0.25) is 0 Å². The van der Waals surface area contributed by atoms with Crippen molar-refractivity contribution in [3.05, 3.63) is 71.4 Å². The summed E-state index contributed by atoms with van der Waals surface area (Å²) in [4.78, 5) is 56.7. The molecule has 2 aliphatic rings. The lowest BCUT2D eigenvalue weighted by atomic mass is 9.91. The summed E-state index contributed by atoms with van der Waals surface area (Å²) in [7, 11) is 0. The summed E-state index contributed by atoms with van der Waals surface area (Å²) in [5.74, 6) is -1.83. The molecule has 0 unspecified atom stereocenters. The van der Waals surface area contributed by atoms with Crippen LogP contribution in [-0.4, -0.2) is 62.6 Å². The number of carboxylic acids is 1. The van der Waals surface area contributed by atoms with Crippen LogP contribution in [0.3, 0.4) is 0 Å². The number of carbonyl (C=O) groups excluding carboxylic acids is 3. The zero-order valence-electron chi connectivity index (χ0n) is 22.8. The molecule has 0 spiro atoms. The number of aromatic amines is 1.